The summed E-state index contributed by atoms with van der Waals surface area (Å²) in [4.78, 5) is 14.5. The molecule has 2 aliphatic heterocycles. The Labute approximate surface area is 193 Å². The molecule has 0 spiro atoms. The SMILES string of the molecule is CC(C)(C)C1C(O)=C(C2=NS(=O)(=O)c3ccccc32)C(=O)N1Cc1ccc(F)c(C(F)(F)F)c1. The molecule has 6 nitrogen and oxygen atoms in total. The molecular formula is C23H20F4N2O4S. The summed E-state index contributed by atoms with van der Waals surface area (Å²) in [5, 5.41) is 11.1. The molecule has 0 aliphatic carbocycles. The number of hydrogen-bond donors (Lipinski definition) is 1. The molecule has 2 aromatic carbocycles. The van der Waals surface area contributed by atoms with Crippen molar-refractivity contribution in [2.24, 2.45) is 9.81 Å². The van der Waals surface area contributed by atoms with E-state index in [9.17, 15) is 35.9 Å². The highest BCUT2D eigenvalue weighted by Gasteiger charge is 2.49. The Morgan fingerprint density at radius 3 is 2.35 bits per heavy atom. The van der Waals surface area contributed by atoms with E-state index >= 15 is 0 Å². The van der Waals surface area contributed by atoms with Crippen molar-refractivity contribution in [3.8, 4) is 0 Å². The zero-order valence-corrected chi connectivity index (χ0v) is 19.1. The molecule has 0 saturated heterocycles. The van der Waals surface area contributed by atoms with E-state index < -0.39 is 50.7 Å². The van der Waals surface area contributed by atoms with E-state index in [1.54, 1.807) is 26.8 Å². The van der Waals surface area contributed by atoms with Crippen molar-refractivity contribution in [2.45, 2.75) is 44.4 Å². The van der Waals surface area contributed by atoms with E-state index in [-0.39, 0.29) is 33.9 Å². The minimum Gasteiger partial charge on any atom is -0.509 e. The van der Waals surface area contributed by atoms with Gasteiger partial charge in [-0.05, 0) is 29.2 Å². The van der Waals surface area contributed by atoms with Crippen LogP contribution < -0.4 is 0 Å². The Bertz CT molecular complexity index is 1370. The van der Waals surface area contributed by atoms with Gasteiger partial charge in [-0.3, -0.25) is 4.79 Å². The second-order valence-corrected chi connectivity index (χ2v) is 10.8. The summed E-state index contributed by atoms with van der Waals surface area (Å²) < 4.78 is 82.0. The normalized spacial score (nSPS) is 20.1. The van der Waals surface area contributed by atoms with Gasteiger partial charge in [0.1, 0.15) is 22.9 Å². The van der Waals surface area contributed by atoms with Crippen LogP contribution in [0.3, 0.4) is 0 Å². The van der Waals surface area contributed by atoms with Crippen LogP contribution in [0.15, 0.2) is 63.1 Å². The summed E-state index contributed by atoms with van der Waals surface area (Å²) in [5.41, 5.74) is -2.66. The predicted octanol–water partition coefficient (Wildman–Crippen LogP) is 4.61. The molecule has 34 heavy (non-hydrogen) atoms. The molecule has 2 aliphatic rings. The molecule has 1 N–H and O–H groups in total. The predicted molar refractivity (Wildman–Crippen MR) is 115 cm³/mol. The Kier molecular flexibility index (Phi) is 5.39. The molecule has 1 unspecified atom stereocenters. The number of alkyl halides is 3. The maximum absolute atomic E-state index is 13.7. The number of rotatable bonds is 3. The first-order valence-corrected chi connectivity index (χ1v) is 11.6. The monoisotopic (exact) mass is 496 g/mol. The number of fused-ring (bicyclic) bond motifs is 1. The molecule has 0 radical (unpaired) electrons. The van der Waals surface area contributed by atoms with Gasteiger partial charge in [0.15, 0.2) is 0 Å². The number of aliphatic hydroxyl groups is 1. The standard InChI is InChI=1S/C23H20F4N2O4S/c1-22(2,3)20-19(30)17(18-13-6-4-5-7-16(13)34(32,33)28-18)21(31)29(20)11-12-8-9-15(24)14(10-12)23(25,26)27/h4-10,20,30H,11H2,1-3H3. The molecule has 0 bridgehead atoms. The van der Waals surface area contributed by atoms with Crippen molar-refractivity contribution in [3.63, 3.8) is 0 Å². The van der Waals surface area contributed by atoms with Gasteiger partial charge in [0.25, 0.3) is 15.9 Å². The van der Waals surface area contributed by atoms with E-state index in [0.717, 1.165) is 11.0 Å². The van der Waals surface area contributed by atoms with Gasteiger partial charge >= 0.3 is 6.18 Å². The zero-order chi connectivity index (χ0) is 25.2. The van der Waals surface area contributed by atoms with Crippen LogP contribution in [-0.4, -0.2) is 36.1 Å². The Morgan fingerprint density at radius 1 is 1.09 bits per heavy atom. The van der Waals surface area contributed by atoms with Crippen LogP contribution in [0.25, 0.3) is 0 Å². The molecule has 2 heterocycles. The summed E-state index contributed by atoms with van der Waals surface area (Å²) in [6.07, 6.45) is -4.93. The van der Waals surface area contributed by atoms with Crippen molar-refractivity contribution in [1.29, 1.82) is 0 Å². The van der Waals surface area contributed by atoms with Gasteiger partial charge < -0.3 is 10.0 Å². The number of aliphatic hydroxyl groups excluding tert-OH is 1. The first kappa shape index (κ1) is 23.9. The number of halogens is 4. The van der Waals surface area contributed by atoms with Crippen LogP contribution in [0.1, 0.15) is 37.5 Å². The molecular weight excluding hydrogens is 476 g/mol. The third kappa shape index (κ3) is 3.87. The lowest BCUT2D eigenvalue weighted by molar-refractivity contribution is -0.140. The van der Waals surface area contributed by atoms with Gasteiger partial charge in [-0.25, -0.2) is 4.39 Å². The maximum Gasteiger partial charge on any atom is 0.419 e. The van der Waals surface area contributed by atoms with Gasteiger partial charge in [0.05, 0.1) is 16.5 Å². The van der Waals surface area contributed by atoms with Crippen molar-refractivity contribution >= 4 is 21.6 Å². The van der Waals surface area contributed by atoms with Crippen molar-refractivity contribution in [3.05, 3.63) is 76.3 Å². The summed E-state index contributed by atoms with van der Waals surface area (Å²) in [6.45, 7) is 4.76. The maximum atomic E-state index is 13.7. The Balaban J connectivity index is 1.81. The van der Waals surface area contributed by atoms with Crippen LogP contribution in [0, 0.1) is 11.2 Å². The molecule has 180 valence electrons. The number of carbonyl (C=O) groups excluding carboxylic acids is 1. The molecule has 0 aromatic heterocycles. The van der Waals surface area contributed by atoms with Crippen LogP contribution in [0.5, 0.6) is 0 Å². The molecule has 2 aromatic rings. The first-order valence-electron chi connectivity index (χ1n) is 10.2. The number of nitrogens with zero attached hydrogens (tertiary/aromatic N) is 2. The number of sulfonamides is 1. The summed E-state index contributed by atoms with van der Waals surface area (Å²) in [5.74, 6) is -2.66. The molecule has 0 fully saturated rings. The Morgan fingerprint density at radius 2 is 1.74 bits per heavy atom. The molecule has 1 amide bonds. The third-order valence-corrected chi connectivity index (χ3v) is 7.01. The summed E-state index contributed by atoms with van der Waals surface area (Å²) >= 11 is 0. The largest absolute Gasteiger partial charge is 0.509 e. The molecule has 0 saturated carbocycles. The minimum absolute atomic E-state index is 0.00763. The van der Waals surface area contributed by atoms with E-state index in [2.05, 4.69) is 4.40 Å². The van der Waals surface area contributed by atoms with Crippen LogP contribution in [0.2, 0.25) is 0 Å². The number of benzene rings is 2. The highest BCUT2D eigenvalue weighted by Crippen LogP contribution is 2.41. The highest BCUT2D eigenvalue weighted by atomic mass is 32.2. The topological polar surface area (TPSA) is 87.0 Å². The average molecular weight is 496 g/mol. The fraction of sp³-hybridized carbons (Fsp3) is 0.304. The summed E-state index contributed by atoms with van der Waals surface area (Å²) in [7, 11) is -4.09. The first-order chi connectivity index (χ1) is 15.6. The van der Waals surface area contributed by atoms with E-state index in [1.807, 2.05) is 0 Å². The van der Waals surface area contributed by atoms with Crippen molar-refractivity contribution in [1.82, 2.24) is 4.90 Å². The minimum atomic E-state index is -4.93. The van der Waals surface area contributed by atoms with Crippen molar-refractivity contribution < 1.29 is 35.9 Å². The fourth-order valence-electron chi connectivity index (χ4n) is 4.29. The number of carbonyl (C=O) groups is 1. The van der Waals surface area contributed by atoms with E-state index in [1.165, 1.54) is 18.2 Å². The summed E-state index contributed by atoms with van der Waals surface area (Å²) in [6, 6.07) is 7.25. The van der Waals surface area contributed by atoms with E-state index in [0.29, 0.717) is 12.1 Å². The van der Waals surface area contributed by atoms with Crippen LogP contribution in [0.4, 0.5) is 17.6 Å². The Hall–Kier alpha value is -3.21. The quantitative estimate of drug-likeness (QED) is 0.629. The highest BCUT2D eigenvalue weighted by molar-refractivity contribution is 7.90. The smallest absolute Gasteiger partial charge is 0.419 e. The second-order valence-electron chi connectivity index (χ2n) is 9.18. The van der Waals surface area contributed by atoms with E-state index in [4.69, 9.17) is 0 Å². The van der Waals surface area contributed by atoms with Gasteiger partial charge in [-0.2, -0.15) is 26.0 Å². The lowest BCUT2D eigenvalue weighted by atomic mass is 9.84. The van der Waals surface area contributed by atoms with Gasteiger partial charge in [-0.1, -0.05) is 45.0 Å². The lowest BCUT2D eigenvalue weighted by Crippen LogP contribution is -2.43. The number of hydrogen-bond acceptors (Lipinski definition) is 4. The second kappa shape index (κ2) is 7.66. The lowest BCUT2D eigenvalue weighted by Gasteiger charge is -2.35. The average Bonchev–Trinajstić information content (AvgIpc) is 3.12. The van der Waals surface area contributed by atoms with Crippen molar-refractivity contribution in [2.75, 3.05) is 0 Å². The third-order valence-electron chi connectivity index (χ3n) is 5.68. The fourth-order valence-corrected chi connectivity index (χ4v) is 5.51. The molecule has 11 heteroatoms. The molecule has 4 rings (SSSR count). The van der Waals surface area contributed by atoms with Crippen LogP contribution in [-0.2, 0) is 27.5 Å². The van der Waals surface area contributed by atoms with Gasteiger partial charge in [0, 0.05) is 12.1 Å². The van der Waals surface area contributed by atoms with Crippen LogP contribution >= 0.6 is 0 Å². The zero-order valence-electron chi connectivity index (χ0n) is 18.3. The molecule has 1 atom stereocenters. The number of amides is 1. The van der Waals surface area contributed by atoms with Gasteiger partial charge in [-0.15, -0.1) is 0 Å². The van der Waals surface area contributed by atoms with Gasteiger partial charge in [0.2, 0.25) is 0 Å².